The molecule has 0 spiro atoms. The van der Waals surface area contributed by atoms with Crippen LogP contribution in [0.15, 0.2) is 30.5 Å². The molecule has 1 heterocycles. The van der Waals surface area contributed by atoms with Crippen LogP contribution in [0.2, 0.25) is 5.02 Å². The van der Waals surface area contributed by atoms with E-state index in [9.17, 15) is 13.6 Å². The van der Waals surface area contributed by atoms with Crippen molar-refractivity contribution in [3.63, 3.8) is 0 Å². The molecule has 1 aromatic heterocycles. The van der Waals surface area contributed by atoms with Crippen molar-refractivity contribution in [3.05, 3.63) is 52.7 Å². The van der Waals surface area contributed by atoms with Crippen LogP contribution in [0, 0.1) is 11.6 Å². The molecule has 2 N–H and O–H groups in total. The Morgan fingerprint density at radius 3 is 2.68 bits per heavy atom. The summed E-state index contributed by atoms with van der Waals surface area (Å²) in [4.78, 5) is 14.5. The van der Waals surface area contributed by atoms with Crippen molar-refractivity contribution in [2.45, 2.75) is 0 Å². The number of halogens is 3. The van der Waals surface area contributed by atoms with E-state index < -0.39 is 23.2 Å². The van der Waals surface area contributed by atoms with E-state index in [1.165, 1.54) is 12.1 Å². The molecule has 7 heteroatoms. The van der Waals surface area contributed by atoms with Crippen molar-refractivity contribution in [3.8, 4) is 0 Å². The number of benzene rings is 1. The molecule has 0 saturated carbocycles. The second-order valence-electron chi connectivity index (χ2n) is 3.60. The SMILES string of the molecule is O=C(O)c1cc(F)cnc1Nc1ccc(Cl)cc1F. The van der Waals surface area contributed by atoms with Crippen LogP contribution in [0.3, 0.4) is 0 Å². The Bertz CT molecular complexity index is 650. The van der Waals surface area contributed by atoms with Crippen molar-refractivity contribution >= 4 is 29.1 Å². The van der Waals surface area contributed by atoms with Crippen molar-refractivity contribution in [2.75, 3.05) is 5.32 Å². The van der Waals surface area contributed by atoms with Gasteiger partial charge in [0.15, 0.2) is 0 Å². The number of rotatable bonds is 3. The van der Waals surface area contributed by atoms with Gasteiger partial charge in [0.25, 0.3) is 0 Å². The fourth-order valence-electron chi connectivity index (χ4n) is 1.42. The average molecular weight is 285 g/mol. The molecule has 0 fully saturated rings. The first-order valence-corrected chi connectivity index (χ1v) is 5.46. The fraction of sp³-hybridized carbons (Fsp3) is 0. The lowest BCUT2D eigenvalue weighted by atomic mass is 10.2. The lowest BCUT2D eigenvalue weighted by Crippen LogP contribution is -2.06. The number of pyridine rings is 1. The number of anilines is 2. The first-order chi connectivity index (χ1) is 8.97. The standard InChI is InChI=1S/C12H7ClF2N2O2/c13-6-1-2-10(9(15)3-6)17-11-8(12(18)19)4-7(14)5-16-11/h1-5H,(H,16,17)(H,18,19). The number of carboxylic acids is 1. The molecule has 2 rings (SSSR count). The van der Waals surface area contributed by atoms with E-state index in [1.54, 1.807) is 0 Å². The van der Waals surface area contributed by atoms with Crippen molar-refractivity contribution in [1.29, 1.82) is 0 Å². The summed E-state index contributed by atoms with van der Waals surface area (Å²) in [5.41, 5.74) is -0.402. The minimum atomic E-state index is -1.37. The predicted octanol–water partition coefficient (Wildman–Crippen LogP) is 3.46. The summed E-state index contributed by atoms with van der Waals surface area (Å²) >= 11 is 5.60. The number of hydrogen-bond acceptors (Lipinski definition) is 3. The Labute approximate surface area is 111 Å². The molecule has 19 heavy (non-hydrogen) atoms. The Hall–Kier alpha value is -2.21. The Kier molecular flexibility index (Phi) is 3.62. The number of hydrogen-bond donors (Lipinski definition) is 2. The van der Waals surface area contributed by atoms with E-state index in [4.69, 9.17) is 16.7 Å². The number of carbonyl (C=O) groups is 1. The predicted molar refractivity (Wildman–Crippen MR) is 65.8 cm³/mol. The third-order valence-corrected chi connectivity index (χ3v) is 2.50. The van der Waals surface area contributed by atoms with Gasteiger partial charge in [-0.3, -0.25) is 0 Å². The van der Waals surface area contributed by atoms with E-state index in [-0.39, 0.29) is 16.5 Å². The average Bonchev–Trinajstić information content (AvgIpc) is 2.34. The van der Waals surface area contributed by atoms with Gasteiger partial charge in [0.05, 0.1) is 11.9 Å². The summed E-state index contributed by atoms with van der Waals surface area (Å²) in [5, 5.41) is 11.6. The van der Waals surface area contributed by atoms with E-state index >= 15 is 0 Å². The summed E-state index contributed by atoms with van der Waals surface area (Å²) in [6.45, 7) is 0. The van der Waals surface area contributed by atoms with Gasteiger partial charge >= 0.3 is 5.97 Å². The van der Waals surface area contributed by atoms with Gasteiger partial charge < -0.3 is 10.4 Å². The zero-order chi connectivity index (χ0) is 14.0. The molecule has 0 amide bonds. The number of nitrogens with zero attached hydrogens (tertiary/aromatic N) is 1. The van der Waals surface area contributed by atoms with Crippen molar-refractivity contribution in [2.24, 2.45) is 0 Å². The highest BCUT2D eigenvalue weighted by Gasteiger charge is 2.14. The normalized spacial score (nSPS) is 10.3. The Morgan fingerprint density at radius 2 is 2.05 bits per heavy atom. The van der Waals surface area contributed by atoms with Gasteiger partial charge in [-0.15, -0.1) is 0 Å². The van der Waals surface area contributed by atoms with Gasteiger partial charge in [-0.05, 0) is 24.3 Å². The maximum Gasteiger partial charge on any atom is 0.339 e. The van der Waals surface area contributed by atoms with Crippen molar-refractivity contribution in [1.82, 2.24) is 4.98 Å². The summed E-state index contributed by atoms with van der Waals surface area (Å²) in [6.07, 6.45) is 0.836. The molecule has 0 aliphatic rings. The lowest BCUT2D eigenvalue weighted by molar-refractivity contribution is 0.0697. The minimum Gasteiger partial charge on any atom is -0.478 e. The third kappa shape index (κ3) is 2.97. The zero-order valence-corrected chi connectivity index (χ0v) is 10.1. The van der Waals surface area contributed by atoms with Crippen LogP contribution < -0.4 is 5.32 Å². The number of aromatic carboxylic acids is 1. The van der Waals surface area contributed by atoms with Gasteiger partial charge in [-0.2, -0.15) is 0 Å². The quantitative estimate of drug-likeness (QED) is 0.906. The molecule has 4 nitrogen and oxygen atoms in total. The molecule has 1 aromatic carbocycles. The zero-order valence-electron chi connectivity index (χ0n) is 9.32. The monoisotopic (exact) mass is 284 g/mol. The minimum absolute atomic E-state index is 0.00833. The molecule has 2 aromatic rings. The first kappa shape index (κ1) is 13.2. The summed E-state index contributed by atoms with van der Waals surface area (Å²) in [7, 11) is 0. The van der Waals surface area contributed by atoms with Crippen LogP contribution >= 0.6 is 11.6 Å². The highest BCUT2D eigenvalue weighted by Crippen LogP contribution is 2.24. The molecule has 0 unspecified atom stereocenters. The molecule has 0 aliphatic heterocycles. The topological polar surface area (TPSA) is 62.2 Å². The van der Waals surface area contributed by atoms with E-state index in [2.05, 4.69) is 10.3 Å². The van der Waals surface area contributed by atoms with Crippen LogP contribution in [0.5, 0.6) is 0 Å². The molecule has 0 saturated heterocycles. The van der Waals surface area contributed by atoms with Gasteiger partial charge in [-0.1, -0.05) is 11.6 Å². The van der Waals surface area contributed by atoms with Crippen LogP contribution in [0.1, 0.15) is 10.4 Å². The van der Waals surface area contributed by atoms with Crippen LogP contribution in [-0.2, 0) is 0 Å². The van der Waals surface area contributed by atoms with E-state index in [1.807, 2.05) is 0 Å². The van der Waals surface area contributed by atoms with E-state index in [0.717, 1.165) is 18.3 Å². The van der Waals surface area contributed by atoms with Crippen LogP contribution in [-0.4, -0.2) is 16.1 Å². The van der Waals surface area contributed by atoms with Crippen LogP contribution in [0.25, 0.3) is 0 Å². The Balaban J connectivity index is 2.40. The second-order valence-corrected chi connectivity index (χ2v) is 4.04. The molecule has 0 radical (unpaired) electrons. The smallest absolute Gasteiger partial charge is 0.339 e. The largest absolute Gasteiger partial charge is 0.478 e. The van der Waals surface area contributed by atoms with Gasteiger partial charge in [0.2, 0.25) is 0 Å². The summed E-state index contributed by atoms with van der Waals surface area (Å²) in [6, 6.07) is 4.62. The molecule has 98 valence electrons. The van der Waals surface area contributed by atoms with Gasteiger partial charge in [0, 0.05) is 5.02 Å². The summed E-state index contributed by atoms with van der Waals surface area (Å²) < 4.78 is 26.5. The fourth-order valence-corrected chi connectivity index (χ4v) is 1.58. The highest BCUT2D eigenvalue weighted by atomic mass is 35.5. The molecule has 0 atom stereocenters. The number of aromatic nitrogens is 1. The van der Waals surface area contributed by atoms with Crippen LogP contribution in [0.4, 0.5) is 20.3 Å². The second kappa shape index (κ2) is 5.19. The highest BCUT2D eigenvalue weighted by molar-refractivity contribution is 6.30. The number of nitrogens with one attached hydrogen (secondary N) is 1. The number of carboxylic acid groups (broad SMARTS) is 1. The van der Waals surface area contributed by atoms with E-state index in [0.29, 0.717) is 0 Å². The lowest BCUT2D eigenvalue weighted by Gasteiger charge is -2.09. The maximum atomic E-state index is 13.6. The molecule has 0 bridgehead atoms. The van der Waals surface area contributed by atoms with Gasteiger partial charge in [-0.25, -0.2) is 18.6 Å². The maximum absolute atomic E-state index is 13.6. The van der Waals surface area contributed by atoms with Crippen molar-refractivity contribution < 1.29 is 18.7 Å². The molecule has 0 aliphatic carbocycles. The summed E-state index contributed by atoms with van der Waals surface area (Å²) in [5.74, 6) is -2.99. The third-order valence-electron chi connectivity index (χ3n) is 2.27. The first-order valence-electron chi connectivity index (χ1n) is 5.08. The van der Waals surface area contributed by atoms with Gasteiger partial charge in [0.1, 0.15) is 23.0 Å². The Morgan fingerprint density at radius 1 is 1.32 bits per heavy atom. The molecular formula is C12H7ClF2N2O2. The molecular weight excluding hydrogens is 278 g/mol.